The van der Waals surface area contributed by atoms with E-state index in [4.69, 9.17) is 19.8 Å². The van der Waals surface area contributed by atoms with Crippen LogP contribution in [0.5, 0.6) is 0 Å². The standard InChI is InChI=1S/C22H34BF2NO4/c1-14(2)28-18(27)22(26,13-19(3,4)17(24)25)15-9-11-16(12-10-15)23-29-20(5,6)21(7,8)30-23/h9-12,14,17H,13,26H2,1-8H3/t22-/m1/s1. The lowest BCUT2D eigenvalue weighted by Gasteiger charge is -2.36. The van der Waals surface area contributed by atoms with Gasteiger partial charge >= 0.3 is 13.1 Å². The van der Waals surface area contributed by atoms with Crippen molar-refractivity contribution in [3.8, 4) is 0 Å². The molecule has 1 heterocycles. The normalized spacial score (nSPS) is 20.5. The molecule has 1 aliphatic heterocycles. The summed E-state index contributed by atoms with van der Waals surface area (Å²) < 4.78 is 44.5. The second-order valence-electron chi connectivity index (χ2n) is 10.1. The number of nitrogens with two attached hydrogens (primary N) is 1. The molecule has 2 N–H and O–H groups in total. The van der Waals surface area contributed by atoms with Crippen LogP contribution in [0, 0.1) is 5.41 Å². The highest BCUT2D eigenvalue weighted by atomic mass is 19.3. The maximum Gasteiger partial charge on any atom is 0.494 e. The van der Waals surface area contributed by atoms with Gasteiger partial charge in [0.25, 0.3) is 0 Å². The number of carbonyl (C=O) groups is 1. The van der Waals surface area contributed by atoms with Gasteiger partial charge in [-0.2, -0.15) is 0 Å². The Morgan fingerprint density at radius 2 is 1.57 bits per heavy atom. The van der Waals surface area contributed by atoms with Crippen molar-refractivity contribution in [2.75, 3.05) is 0 Å². The molecule has 0 spiro atoms. The van der Waals surface area contributed by atoms with Crippen molar-refractivity contribution in [3.05, 3.63) is 29.8 Å². The van der Waals surface area contributed by atoms with Gasteiger partial charge in [0, 0.05) is 5.41 Å². The van der Waals surface area contributed by atoms with Crippen LogP contribution in [-0.2, 0) is 24.4 Å². The molecule has 1 aliphatic rings. The van der Waals surface area contributed by atoms with Crippen molar-refractivity contribution in [1.82, 2.24) is 0 Å². The summed E-state index contributed by atoms with van der Waals surface area (Å²) in [5.41, 5.74) is 3.45. The van der Waals surface area contributed by atoms with E-state index in [2.05, 4.69) is 0 Å². The smallest absolute Gasteiger partial charge is 0.461 e. The van der Waals surface area contributed by atoms with E-state index >= 15 is 0 Å². The molecule has 0 unspecified atom stereocenters. The quantitative estimate of drug-likeness (QED) is 0.532. The zero-order chi connectivity index (χ0) is 23.1. The summed E-state index contributed by atoms with van der Waals surface area (Å²) in [6, 6.07) is 6.81. The predicted octanol–water partition coefficient (Wildman–Crippen LogP) is 3.77. The Kier molecular flexibility index (Phi) is 6.77. The molecule has 1 atom stereocenters. The number of hydrogen-bond acceptors (Lipinski definition) is 5. The van der Waals surface area contributed by atoms with E-state index < -0.39 is 47.8 Å². The lowest BCUT2D eigenvalue weighted by molar-refractivity contribution is -0.157. The Morgan fingerprint density at radius 3 is 1.97 bits per heavy atom. The van der Waals surface area contributed by atoms with Gasteiger partial charge in [0.15, 0.2) is 0 Å². The van der Waals surface area contributed by atoms with Crippen LogP contribution in [0.3, 0.4) is 0 Å². The molecule has 0 aliphatic carbocycles. The second-order valence-corrected chi connectivity index (χ2v) is 10.1. The molecule has 1 saturated heterocycles. The molecule has 5 nitrogen and oxygen atoms in total. The highest BCUT2D eigenvalue weighted by Crippen LogP contribution is 2.39. The third-order valence-electron chi connectivity index (χ3n) is 5.98. The Bertz CT molecular complexity index is 749. The number of alkyl halides is 2. The Labute approximate surface area is 178 Å². The largest absolute Gasteiger partial charge is 0.494 e. The van der Waals surface area contributed by atoms with Crippen molar-refractivity contribution in [3.63, 3.8) is 0 Å². The van der Waals surface area contributed by atoms with Crippen molar-refractivity contribution in [2.45, 2.75) is 91.1 Å². The number of hydrogen-bond donors (Lipinski definition) is 1. The molecule has 0 radical (unpaired) electrons. The monoisotopic (exact) mass is 425 g/mol. The zero-order valence-corrected chi connectivity index (χ0v) is 19.2. The van der Waals surface area contributed by atoms with Crippen LogP contribution in [0.15, 0.2) is 24.3 Å². The molecular weight excluding hydrogens is 391 g/mol. The molecule has 2 rings (SSSR count). The van der Waals surface area contributed by atoms with Crippen molar-refractivity contribution in [2.24, 2.45) is 11.1 Å². The number of benzene rings is 1. The van der Waals surface area contributed by atoms with E-state index in [1.165, 1.54) is 13.8 Å². The minimum absolute atomic E-state index is 0.265. The average molecular weight is 425 g/mol. The molecule has 0 saturated carbocycles. The van der Waals surface area contributed by atoms with Gasteiger partial charge < -0.3 is 19.8 Å². The first-order valence-corrected chi connectivity index (χ1v) is 10.3. The number of esters is 1. The summed E-state index contributed by atoms with van der Waals surface area (Å²) in [5, 5.41) is 0. The lowest BCUT2D eigenvalue weighted by Crippen LogP contribution is -2.51. The molecule has 1 aromatic rings. The van der Waals surface area contributed by atoms with Crippen LogP contribution in [0.2, 0.25) is 0 Å². The van der Waals surface area contributed by atoms with Gasteiger partial charge in [-0.25, -0.2) is 13.6 Å². The number of ether oxygens (including phenoxy) is 1. The first-order valence-electron chi connectivity index (χ1n) is 10.3. The maximum atomic E-state index is 13.6. The van der Waals surface area contributed by atoms with Crippen molar-refractivity contribution < 1.29 is 27.6 Å². The van der Waals surface area contributed by atoms with Gasteiger partial charge in [0.1, 0.15) is 5.54 Å². The van der Waals surface area contributed by atoms with Gasteiger partial charge in [0.05, 0.1) is 17.3 Å². The van der Waals surface area contributed by atoms with Crippen LogP contribution in [0.25, 0.3) is 0 Å². The van der Waals surface area contributed by atoms with Crippen molar-refractivity contribution >= 4 is 18.6 Å². The molecule has 168 valence electrons. The highest BCUT2D eigenvalue weighted by Gasteiger charge is 2.52. The molecule has 0 aromatic heterocycles. The first kappa shape index (κ1) is 24.8. The number of rotatable bonds is 7. The topological polar surface area (TPSA) is 70.8 Å². The van der Waals surface area contributed by atoms with E-state index in [9.17, 15) is 13.6 Å². The van der Waals surface area contributed by atoms with E-state index in [1.807, 2.05) is 27.7 Å². The summed E-state index contributed by atoms with van der Waals surface area (Å²) in [5.74, 6) is -0.727. The summed E-state index contributed by atoms with van der Waals surface area (Å²) in [7, 11) is -0.573. The maximum absolute atomic E-state index is 13.6. The van der Waals surface area contributed by atoms with Gasteiger partial charge in [-0.3, -0.25) is 0 Å². The molecule has 0 bridgehead atoms. The molecule has 8 heteroatoms. The fourth-order valence-corrected chi connectivity index (χ4v) is 3.32. The number of carbonyl (C=O) groups excluding carboxylic acids is 1. The van der Waals surface area contributed by atoms with Crippen LogP contribution >= 0.6 is 0 Å². The van der Waals surface area contributed by atoms with E-state index in [-0.39, 0.29) is 6.42 Å². The Balaban J connectivity index is 2.37. The number of halogens is 2. The summed E-state index contributed by atoms with van der Waals surface area (Å²) >= 11 is 0. The fourth-order valence-electron chi connectivity index (χ4n) is 3.32. The van der Waals surface area contributed by atoms with E-state index in [0.717, 1.165) is 5.46 Å². The van der Waals surface area contributed by atoms with Gasteiger partial charge in [-0.1, -0.05) is 38.1 Å². The summed E-state index contributed by atoms with van der Waals surface area (Å²) in [4.78, 5) is 12.8. The van der Waals surface area contributed by atoms with Crippen LogP contribution in [0.4, 0.5) is 8.78 Å². The van der Waals surface area contributed by atoms with Gasteiger partial charge in [-0.15, -0.1) is 0 Å². The first-order chi connectivity index (χ1) is 13.5. The molecule has 0 amide bonds. The van der Waals surface area contributed by atoms with E-state index in [1.54, 1.807) is 38.1 Å². The van der Waals surface area contributed by atoms with Crippen LogP contribution in [0.1, 0.15) is 67.4 Å². The summed E-state index contributed by atoms with van der Waals surface area (Å²) in [6.07, 6.45) is -3.32. The van der Waals surface area contributed by atoms with Gasteiger partial charge in [0.2, 0.25) is 6.43 Å². The second kappa shape index (κ2) is 8.21. The fraction of sp³-hybridized carbons (Fsp3) is 0.682. The summed E-state index contributed by atoms with van der Waals surface area (Å²) in [6.45, 7) is 14.0. The van der Waals surface area contributed by atoms with Crippen LogP contribution in [-0.4, -0.2) is 36.8 Å². The lowest BCUT2D eigenvalue weighted by atomic mass is 9.73. The van der Waals surface area contributed by atoms with Crippen molar-refractivity contribution in [1.29, 1.82) is 0 Å². The zero-order valence-electron chi connectivity index (χ0n) is 19.2. The third-order valence-corrected chi connectivity index (χ3v) is 5.98. The van der Waals surface area contributed by atoms with Gasteiger partial charge in [-0.05, 0) is 59.0 Å². The predicted molar refractivity (Wildman–Crippen MR) is 114 cm³/mol. The molecular formula is C22H34BF2NO4. The Hall–Kier alpha value is -1.51. The Morgan fingerprint density at radius 1 is 1.10 bits per heavy atom. The molecule has 30 heavy (non-hydrogen) atoms. The minimum Gasteiger partial charge on any atom is -0.461 e. The highest BCUT2D eigenvalue weighted by molar-refractivity contribution is 6.62. The van der Waals surface area contributed by atoms with E-state index in [0.29, 0.717) is 5.56 Å². The average Bonchev–Trinajstić information content (AvgIpc) is 2.81. The molecule has 1 fully saturated rings. The minimum atomic E-state index is -2.64. The third kappa shape index (κ3) is 4.87. The molecule has 1 aromatic carbocycles. The van der Waals surface area contributed by atoms with Crippen LogP contribution < -0.4 is 11.2 Å². The SMILES string of the molecule is CC(C)OC(=O)[C@@](N)(CC(C)(C)C(F)F)c1ccc(B2OC(C)(C)C(C)(C)O2)cc1.